The highest BCUT2D eigenvalue weighted by Crippen LogP contribution is 2.25. The number of aryl methyl sites for hydroxylation is 2. The first-order valence-corrected chi connectivity index (χ1v) is 10.1. The van der Waals surface area contributed by atoms with Gasteiger partial charge in [-0.25, -0.2) is 13.1 Å². The van der Waals surface area contributed by atoms with Crippen molar-refractivity contribution in [2.24, 2.45) is 0 Å². The molecule has 1 N–H and O–H groups in total. The number of hydrogen-bond acceptors (Lipinski definition) is 6. The summed E-state index contributed by atoms with van der Waals surface area (Å²) >= 11 is 0. The molecule has 7 nitrogen and oxygen atoms in total. The minimum atomic E-state index is -3.71. The highest BCUT2D eigenvalue weighted by atomic mass is 32.2. The molecule has 0 saturated carbocycles. The molecule has 0 bridgehead atoms. The van der Waals surface area contributed by atoms with Crippen molar-refractivity contribution < 1.29 is 17.7 Å². The van der Waals surface area contributed by atoms with Gasteiger partial charge in [-0.1, -0.05) is 31.1 Å². The number of benzene rings is 1. The van der Waals surface area contributed by atoms with Crippen LogP contribution in [-0.4, -0.2) is 45.2 Å². The Morgan fingerprint density at radius 1 is 1.27 bits per heavy atom. The van der Waals surface area contributed by atoms with Gasteiger partial charge in [0, 0.05) is 12.6 Å². The van der Waals surface area contributed by atoms with E-state index in [1.165, 1.54) is 0 Å². The summed E-state index contributed by atoms with van der Waals surface area (Å²) in [6, 6.07) is 7.59. The molecule has 2 aromatic rings. The average molecular weight is 381 g/mol. The normalized spacial score (nSPS) is 13.2. The molecule has 2 rings (SSSR count). The molecule has 0 aliphatic heterocycles. The maximum Gasteiger partial charge on any atom is 0.246 e. The van der Waals surface area contributed by atoms with Gasteiger partial charge in [-0.05, 0) is 44.6 Å². The largest absolute Gasteiger partial charge is 0.497 e. The van der Waals surface area contributed by atoms with Crippen LogP contribution in [0.5, 0.6) is 5.75 Å². The quantitative estimate of drug-likeness (QED) is 0.719. The number of hydrogen-bond donors (Lipinski definition) is 1. The minimum Gasteiger partial charge on any atom is -0.497 e. The minimum absolute atomic E-state index is 0.112. The molecular formula is C18H27N3O4S. The summed E-state index contributed by atoms with van der Waals surface area (Å²) in [7, 11) is -2.09. The SMILES string of the molecule is CCN(CC)[C@H](CNS(=O)(=O)c1c(C)noc1C)c1cccc(OC)c1. The van der Waals surface area contributed by atoms with Crippen molar-refractivity contribution in [1.29, 1.82) is 0 Å². The molecule has 26 heavy (non-hydrogen) atoms. The van der Waals surface area contributed by atoms with E-state index in [0.29, 0.717) is 5.69 Å². The van der Waals surface area contributed by atoms with Crippen LogP contribution in [0.1, 0.15) is 36.9 Å². The Morgan fingerprint density at radius 2 is 1.96 bits per heavy atom. The lowest BCUT2D eigenvalue weighted by Crippen LogP contribution is -2.38. The summed E-state index contributed by atoms with van der Waals surface area (Å²) in [4.78, 5) is 2.31. The number of ether oxygens (including phenoxy) is 1. The molecule has 1 atom stereocenters. The molecule has 0 unspecified atom stereocenters. The number of rotatable bonds is 9. The second-order valence-electron chi connectivity index (χ2n) is 6.02. The standard InChI is InChI=1S/C18H27N3O4S/c1-6-21(7-2)17(15-9-8-10-16(11-15)24-5)12-19-26(22,23)18-13(3)20-25-14(18)4/h8-11,17,19H,6-7,12H2,1-5H3/t17-/m1/s1. The lowest BCUT2D eigenvalue weighted by Gasteiger charge is -2.30. The van der Waals surface area contributed by atoms with Crippen molar-refractivity contribution in [2.75, 3.05) is 26.7 Å². The first kappa shape index (κ1) is 20.4. The Balaban J connectivity index is 2.30. The second kappa shape index (κ2) is 8.66. The van der Waals surface area contributed by atoms with E-state index < -0.39 is 10.0 Å². The third kappa shape index (κ3) is 4.44. The molecule has 144 valence electrons. The van der Waals surface area contributed by atoms with Crippen LogP contribution < -0.4 is 9.46 Å². The first-order valence-electron chi connectivity index (χ1n) is 8.64. The first-order chi connectivity index (χ1) is 12.3. The van der Waals surface area contributed by atoms with Crippen molar-refractivity contribution in [3.8, 4) is 5.75 Å². The van der Waals surface area contributed by atoms with Gasteiger partial charge in [0.25, 0.3) is 0 Å². The van der Waals surface area contributed by atoms with Gasteiger partial charge >= 0.3 is 0 Å². The van der Waals surface area contributed by atoms with Gasteiger partial charge < -0.3 is 9.26 Å². The fourth-order valence-electron chi connectivity index (χ4n) is 3.09. The van der Waals surface area contributed by atoms with Crippen LogP contribution in [0.25, 0.3) is 0 Å². The van der Waals surface area contributed by atoms with Crippen molar-refractivity contribution in [3.05, 3.63) is 41.3 Å². The van der Waals surface area contributed by atoms with Crippen LogP contribution >= 0.6 is 0 Å². The highest BCUT2D eigenvalue weighted by molar-refractivity contribution is 7.89. The summed E-state index contributed by atoms with van der Waals surface area (Å²) in [6.45, 7) is 9.16. The van der Waals surface area contributed by atoms with E-state index in [9.17, 15) is 8.42 Å². The van der Waals surface area contributed by atoms with Crippen LogP contribution in [0.4, 0.5) is 0 Å². The van der Waals surface area contributed by atoms with E-state index in [0.717, 1.165) is 24.4 Å². The van der Waals surface area contributed by atoms with E-state index in [-0.39, 0.29) is 23.2 Å². The van der Waals surface area contributed by atoms with Gasteiger partial charge in [0.05, 0.1) is 7.11 Å². The van der Waals surface area contributed by atoms with Gasteiger partial charge in [0.2, 0.25) is 10.0 Å². The Morgan fingerprint density at radius 3 is 2.50 bits per heavy atom. The number of sulfonamides is 1. The molecule has 0 aliphatic rings. The van der Waals surface area contributed by atoms with Gasteiger partial charge in [0.1, 0.15) is 16.3 Å². The highest BCUT2D eigenvalue weighted by Gasteiger charge is 2.27. The van der Waals surface area contributed by atoms with Gasteiger partial charge in [-0.3, -0.25) is 4.90 Å². The molecule has 0 amide bonds. The molecule has 0 spiro atoms. The fourth-order valence-corrected chi connectivity index (χ4v) is 4.45. The Labute approximate surface area is 155 Å². The lowest BCUT2D eigenvalue weighted by atomic mass is 10.0. The predicted molar refractivity (Wildman–Crippen MR) is 99.8 cm³/mol. The van der Waals surface area contributed by atoms with Crippen molar-refractivity contribution in [1.82, 2.24) is 14.8 Å². The van der Waals surface area contributed by atoms with E-state index in [4.69, 9.17) is 9.26 Å². The van der Waals surface area contributed by atoms with Gasteiger partial charge in [-0.15, -0.1) is 0 Å². The summed E-state index contributed by atoms with van der Waals surface area (Å²) in [5.41, 5.74) is 1.35. The van der Waals surface area contributed by atoms with Gasteiger partial charge in [0.15, 0.2) is 5.76 Å². The molecule has 1 heterocycles. The summed E-state index contributed by atoms with van der Waals surface area (Å²) in [5, 5.41) is 3.74. The Bertz CT molecular complexity index is 809. The average Bonchev–Trinajstić information content (AvgIpc) is 2.97. The monoisotopic (exact) mass is 381 g/mol. The van der Waals surface area contributed by atoms with Crippen molar-refractivity contribution in [3.63, 3.8) is 0 Å². The van der Waals surface area contributed by atoms with E-state index in [1.807, 2.05) is 24.3 Å². The fraction of sp³-hybridized carbons (Fsp3) is 0.500. The van der Waals surface area contributed by atoms with Crippen LogP contribution in [0.3, 0.4) is 0 Å². The number of nitrogens with zero attached hydrogens (tertiary/aromatic N) is 2. The number of methoxy groups -OCH3 is 1. The van der Waals surface area contributed by atoms with Crippen LogP contribution in [0.15, 0.2) is 33.7 Å². The third-order valence-electron chi connectivity index (χ3n) is 4.44. The van der Waals surface area contributed by atoms with Crippen LogP contribution in [0.2, 0.25) is 0 Å². The molecule has 0 fully saturated rings. The third-order valence-corrected chi connectivity index (χ3v) is 6.10. The van der Waals surface area contributed by atoms with Crippen LogP contribution in [-0.2, 0) is 10.0 Å². The lowest BCUT2D eigenvalue weighted by molar-refractivity contribution is 0.219. The molecule has 0 saturated heterocycles. The Hall–Kier alpha value is -1.90. The van der Waals surface area contributed by atoms with E-state index >= 15 is 0 Å². The molecular weight excluding hydrogens is 354 g/mol. The number of likely N-dealkylation sites (N-methyl/N-ethyl adjacent to an activating group) is 1. The van der Waals surface area contributed by atoms with E-state index in [2.05, 4.69) is 28.6 Å². The maximum atomic E-state index is 12.7. The second-order valence-corrected chi connectivity index (χ2v) is 7.72. The van der Waals surface area contributed by atoms with Crippen molar-refractivity contribution >= 4 is 10.0 Å². The zero-order chi connectivity index (χ0) is 19.3. The zero-order valence-corrected chi connectivity index (χ0v) is 16.8. The predicted octanol–water partition coefficient (Wildman–Crippen LogP) is 2.66. The maximum absolute atomic E-state index is 12.7. The van der Waals surface area contributed by atoms with Crippen molar-refractivity contribution in [2.45, 2.75) is 38.6 Å². The summed E-state index contributed by atoms with van der Waals surface area (Å²) < 4.78 is 38.5. The van der Waals surface area contributed by atoms with Gasteiger partial charge in [-0.2, -0.15) is 0 Å². The smallest absolute Gasteiger partial charge is 0.246 e. The zero-order valence-electron chi connectivity index (χ0n) is 15.9. The molecule has 1 aromatic carbocycles. The molecule has 0 radical (unpaired) electrons. The topological polar surface area (TPSA) is 84.7 Å². The van der Waals surface area contributed by atoms with E-state index in [1.54, 1.807) is 21.0 Å². The van der Waals surface area contributed by atoms with Crippen LogP contribution in [0, 0.1) is 13.8 Å². The molecule has 0 aliphatic carbocycles. The Kier molecular flexibility index (Phi) is 6.80. The number of nitrogens with one attached hydrogen (secondary N) is 1. The number of aromatic nitrogens is 1. The molecule has 1 aromatic heterocycles. The molecule has 8 heteroatoms. The summed E-state index contributed by atoms with van der Waals surface area (Å²) in [5.74, 6) is 1.03. The summed E-state index contributed by atoms with van der Waals surface area (Å²) in [6.07, 6.45) is 0.